The minimum atomic E-state index is -4.84. The third kappa shape index (κ3) is 5.74. The van der Waals surface area contributed by atoms with Gasteiger partial charge in [0.15, 0.2) is 0 Å². The number of hydrogen-bond acceptors (Lipinski definition) is 5. The van der Waals surface area contributed by atoms with Crippen molar-refractivity contribution in [3.63, 3.8) is 0 Å². The molecule has 0 unspecified atom stereocenters. The SMILES string of the molecule is C[C@H]1CC[C@H](c2cccc(OC(F)(F)F)c2)N(C(=O)C(=O)Nc2cncc(C(N)=O)c2)C1. The highest BCUT2D eigenvalue weighted by Crippen LogP contribution is 2.35. The summed E-state index contributed by atoms with van der Waals surface area (Å²) in [5.74, 6) is -2.87. The maximum Gasteiger partial charge on any atom is 0.573 e. The largest absolute Gasteiger partial charge is 0.573 e. The number of likely N-dealkylation sites (tertiary alicyclic amines) is 1. The minimum Gasteiger partial charge on any atom is -0.406 e. The molecule has 1 aromatic carbocycles. The van der Waals surface area contributed by atoms with Gasteiger partial charge in [-0.2, -0.15) is 0 Å². The third-order valence-corrected chi connectivity index (χ3v) is 5.03. The first-order valence-electron chi connectivity index (χ1n) is 9.76. The maximum absolute atomic E-state index is 13.0. The molecule has 3 amide bonds. The lowest BCUT2D eigenvalue weighted by Gasteiger charge is -2.38. The number of carbonyl (C=O) groups is 3. The van der Waals surface area contributed by atoms with E-state index in [9.17, 15) is 27.6 Å². The molecule has 2 heterocycles. The summed E-state index contributed by atoms with van der Waals surface area (Å²) in [5.41, 5.74) is 5.79. The lowest BCUT2D eigenvalue weighted by molar-refractivity contribution is -0.274. The van der Waals surface area contributed by atoms with Crippen LogP contribution in [0.25, 0.3) is 0 Å². The van der Waals surface area contributed by atoms with E-state index in [2.05, 4.69) is 15.0 Å². The van der Waals surface area contributed by atoms with Gasteiger partial charge in [0, 0.05) is 12.7 Å². The van der Waals surface area contributed by atoms with Crippen LogP contribution in [0.2, 0.25) is 0 Å². The number of piperidine rings is 1. The topological polar surface area (TPSA) is 115 Å². The van der Waals surface area contributed by atoms with Crippen LogP contribution in [0.3, 0.4) is 0 Å². The van der Waals surface area contributed by atoms with Crippen LogP contribution in [0.4, 0.5) is 18.9 Å². The third-order valence-electron chi connectivity index (χ3n) is 5.03. The van der Waals surface area contributed by atoms with E-state index in [4.69, 9.17) is 5.73 Å². The van der Waals surface area contributed by atoms with Crippen LogP contribution in [0.1, 0.15) is 41.7 Å². The van der Waals surface area contributed by atoms with E-state index in [1.807, 2.05) is 6.92 Å². The van der Waals surface area contributed by atoms with Crippen LogP contribution in [0.5, 0.6) is 5.75 Å². The molecule has 0 aliphatic carbocycles. The number of carbonyl (C=O) groups excluding carboxylic acids is 3. The molecule has 2 atom stereocenters. The van der Waals surface area contributed by atoms with E-state index in [0.717, 1.165) is 6.42 Å². The molecule has 11 heteroatoms. The van der Waals surface area contributed by atoms with E-state index >= 15 is 0 Å². The van der Waals surface area contributed by atoms with E-state index in [-0.39, 0.29) is 23.7 Å². The predicted octanol–water partition coefficient (Wildman–Crippen LogP) is 3.02. The second-order valence-electron chi connectivity index (χ2n) is 7.56. The van der Waals surface area contributed by atoms with Gasteiger partial charge in [-0.05, 0) is 42.5 Å². The average Bonchev–Trinajstić information content (AvgIpc) is 2.72. The van der Waals surface area contributed by atoms with Crippen molar-refractivity contribution < 1.29 is 32.3 Å². The number of anilines is 1. The van der Waals surface area contributed by atoms with Crippen molar-refractivity contribution in [1.82, 2.24) is 9.88 Å². The molecule has 1 saturated heterocycles. The summed E-state index contributed by atoms with van der Waals surface area (Å²) in [6, 6.07) is 6.05. The monoisotopic (exact) mass is 450 g/mol. The summed E-state index contributed by atoms with van der Waals surface area (Å²) in [4.78, 5) is 42.0. The molecule has 0 radical (unpaired) electrons. The molecule has 0 bridgehead atoms. The van der Waals surface area contributed by atoms with Gasteiger partial charge in [0.1, 0.15) is 5.75 Å². The summed E-state index contributed by atoms with van der Waals surface area (Å²) in [5, 5.41) is 2.39. The van der Waals surface area contributed by atoms with E-state index in [1.165, 1.54) is 41.6 Å². The standard InChI is InChI=1S/C21H21F3N4O4/c1-12-5-6-17(13-3-2-4-16(8-13)32-21(22,23)24)28(11-12)20(31)19(30)27-15-7-14(18(25)29)9-26-10-15/h2-4,7-10,12,17H,5-6,11H2,1H3,(H2,25,29)(H,27,30)/t12-,17+/m0/s1. The fraction of sp³-hybridized carbons (Fsp3) is 0.333. The number of amides is 3. The van der Waals surface area contributed by atoms with Crippen LogP contribution in [0.15, 0.2) is 42.7 Å². The van der Waals surface area contributed by atoms with Crippen molar-refractivity contribution in [3.05, 3.63) is 53.9 Å². The first kappa shape index (κ1) is 23.0. The molecule has 0 saturated carbocycles. The number of ether oxygens (including phenoxy) is 1. The highest BCUT2D eigenvalue weighted by Gasteiger charge is 2.35. The number of hydrogen-bond donors (Lipinski definition) is 2. The Bertz CT molecular complexity index is 1030. The Morgan fingerprint density at radius 1 is 1.19 bits per heavy atom. The molecule has 1 aliphatic rings. The van der Waals surface area contributed by atoms with E-state index in [1.54, 1.807) is 6.07 Å². The quantitative estimate of drug-likeness (QED) is 0.695. The molecule has 3 N–H and O–H groups in total. The Morgan fingerprint density at radius 2 is 1.94 bits per heavy atom. The molecule has 3 rings (SSSR count). The van der Waals surface area contributed by atoms with Crippen molar-refractivity contribution in [2.75, 3.05) is 11.9 Å². The van der Waals surface area contributed by atoms with Gasteiger partial charge in [0.2, 0.25) is 5.91 Å². The summed E-state index contributed by atoms with van der Waals surface area (Å²) < 4.78 is 41.7. The number of nitrogens with one attached hydrogen (secondary N) is 1. The zero-order chi connectivity index (χ0) is 23.5. The van der Waals surface area contributed by atoms with Gasteiger partial charge in [0.05, 0.1) is 23.5 Å². The number of nitrogens with two attached hydrogens (primary N) is 1. The molecule has 1 aromatic heterocycles. The van der Waals surface area contributed by atoms with Crippen LogP contribution in [-0.4, -0.2) is 40.5 Å². The number of halogens is 3. The molecule has 1 aliphatic heterocycles. The number of pyridine rings is 1. The van der Waals surface area contributed by atoms with Gasteiger partial charge in [-0.15, -0.1) is 13.2 Å². The van der Waals surface area contributed by atoms with Gasteiger partial charge < -0.3 is 20.7 Å². The Morgan fingerprint density at radius 3 is 2.62 bits per heavy atom. The Kier molecular flexibility index (Phi) is 6.66. The fourth-order valence-electron chi connectivity index (χ4n) is 3.60. The summed E-state index contributed by atoms with van der Waals surface area (Å²) in [6.45, 7) is 2.17. The van der Waals surface area contributed by atoms with Crippen LogP contribution in [0, 0.1) is 5.92 Å². The van der Waals surface area contributed by atoms with Crippen molar-refractivity contribution in [1.29, 1.82) is 0 Å². The molecule has 32 heavy (non-hydrogen) atoms. The van der Waals surface area contributed by atoms with Crippen LogP contribution < -0.4 is 15.8 Å². The number of nitrogens with zero attached hydrogens (tertiary/aromatic N) is 2. The highest BCUT2D eigenvalue weighted by molar-refractivity contribution is 6.39. The number of primary amides is 1. The Labute approximate surface area is 181 Å². The van der Waals surface area contributed by atoms with Crippen molar-refractivity contribution in [2.45, 2.75) is 32.2 Å². The van der Waals surface area contributed by atoms with E-state index < -0.39 is 35.9 Å². The number of aromatic nitrogens is 1. The minimum absolute atomic E-state index is 0.0567. The van der Waals surface area contributed by atoms with Crippen LogP contribution in [-0.2, 0) is 9.59 Å². The lowest BCUT2D eigenvalue weighted by atomic mass is 9.89. The smallest absolute Gasteiger partial charge is 0.406 e. The van der Waals surface area contributed by atoms with Crippen molar-refractivity contribution in [3.8, 4) is 5.75 Å². The lowest BCUT2D eigenvalue weighted by Crippen LogP contribution is -2.46. The maximum atomic E-state index is 13.0. The van der Waals surface area contributed by atoms with Gasteiger partial charge in [-0.1, -0.05) is 19.1 Å². The molecule has 2 aromatic rings. The molecular weight excluding hydrogens is 429 g/mol. The first-order valence-corrected chi connectivity index (χ1v) is 9.76. The molecular formula is C21H21F3N4O4. The average molecular weight is 450 g/mol. The zero-order valence-electron chi connectivity index (χ0n) is 17.1. The summed E-state index contributed by atoms with van der Waals surface area (Å²) in [6.07, 6.45) is -1.17. The van der Waals surface area contributed by atoms with Gasteiger partial charge in [0.25, 0.3) is 0 Å². The molecule has 0 spiro atoms. The molecule has 170 valence electrons. The molecule has 1 fully saturated rings. The number of rotatable bonds is 4. The summed E-state index contributed by atoms with van der Waals surface area (Å²) in [7, 11) is 0. The number of benzene rings is 1. The fourth-order valence-corrected chi connectivity index (χ4v) is 3.60. The highest BCUT2D eigenvalue weighted by atomic mass is 19.4. The number of alkyl halides is 3. The van der Waals surface area contributed by atoms with Crippen molar-refractivity contribution >= 4 is 23.4 Å². The van der Waals surface area contributed by atoms with Crippen LogP contribution >= 0.6 is 0 Å². The second-order valence-corrected chi connectivity index (χ2v) is 7.56. The van der Waals surface area contributed by atoms with Gasteiger partial charge >= 0.3 is 18.2 Å². The predicted molar refractivity (Wildman–Crippen MR) is 107 cm³/mol. The van der Waals surface area contributed by atoms with Gasteiger partial charge in [-0.25, -0.2) is 0 Å². The Balaban J connectivity index is 1.81. The normalized spacial score (nSPS) is 18.7. The zero-order valence-corrected chi connectivity index (χ0v) is 17.1. The van der Waals surface area contributed by atoms with E-state index in [0.29, 0.717) is 12.0 Å². The molecule has 8 nitrogen and oxygen atoms in total. The summed E-state index contributed by atoms with van der Waals surface area (Å²) >= 11 is 0. The second kappa shape index (κ2) is 9.25. The van der Waals surface area contributed by atoms with Crippen molar-refractivity contribution in [2.24, 2.45) is 11.7 Å². The first-order chi connectivity index (χ1) is 15.0. The van der Waals surface area contributed by atoms with Gasteiger partial charge in [-0.3, -0.25) is 19.4 Å². The Hall–Kier alpha value is -3.63.